The summed E-state index contributed by atoms with van der Waals surface area (Å²) in [4.78, 5) is 24.3. The van der Waals surface area contributed by atoms with Crippen LogP contribution in [0.4, 0.5) is 18.9 Å². The van der Waals surface area contributed by atoms with E-state index in [1.807, 2.05) is 4.90 Å². The Kier molecular flexibility index (Phi) is 5.77. The second kappa shape index (κ2) is 8.39. The molecule has 0 radical (unpaired) electrons. The summed E-state index contributed by atoms with van der Waals surface area (Å²) in [6, 6.07) is 5.43. The number of nitriles is 1. The number of nitrogens with zero attached hydrogens (tertiary/aromatic N) is 5. The van der Waals surface area contributed by atoms with Gasteiger partial charge < -0.3 is 14.5 Å². The number of carbonyl (C=O) groups is 1. The maximum absolute atomic E-state index is 13.5. The Morgan fingerprint density at radius 2 is 2.06 bits per heavy atom. The summed E-state index contributed by atoms with van der Waals surface area (Å²) in [6.45, 7) is 2.44. The highest BCUT2D eigenvalue weighted by molar-refractivity contribution is 5.93. The smallest absolute Gasteiger partial charge is 0.384 e. The molecule has 2 aliphatic heterocycles. The Morgan fingerprint density at radius 1 is 1.31 bits per heavy atom. The van der Waals surface area contributed by atoms with Crippen LogP contribution in [0.3, 0.4) is 0 Å². The first-order chi connectivity index (χ1) is 15.3. The summed E-state index contributed by atoms with van der Waals surface area (Å²) in [7, 11) is 1.61. The van der Waals surface area contributed by atoms with Crippen molar-refractivity contribution in [3.8, 4) is 6.07 Å². The first-order valence-corrected chi connectivity index (χ1v) is 10.2. The lowest BCUT2D eigenvalue weighted by Crippen LogP contribution is -2.50. The molecule has 1 aromatic heterocycles. The molecule has 0 bridgehead atoms. The molecule has 0 N–H and O–H groups in total. The van der Waals surface area contributed by atoms with Gasteiger partial charge in [-0.2, -0.15) is 18.4 Å². The lowest BCUT2D eigenvalue weighted by Gasteiger charge is -2.43. The second-order valence-corrected chi connectivity index (χ2v) is 8.34. The number of hydrogen-bond acceptors (Lipinski definition) is 6. The number of rotatable bonds is 4. The summed E-state index contributed by atoms with van der Waals surface area (Å²) in [5.41, 5.74) is -0.787. The minimum atomic E-state index is -4.61. The summed E-state index contributed by atoms with van der Waals surface area (Å²) < 4.78 is 45.8. The van der Waals surface area contributed by atoms with E-state index in [4.69, 9.17) is 10.00 Å². The molecule has 168 valence electrons. The molecule has 1 aromatic carbocycles. The number of likely N-dealkylation sites (tertiary alicyclic amines) is 1. The van der Waals surface area contributed by atoms with Crippen molar-refractivity contribution in [2.75, 3.05) is 44.8 Å². The van der Waals surface area contributed by atoms with E-state index in [9.17, 15) is 18.0 Å². The van der Waals surface area contributed by atoms with Gasteiger partial charge in [-0.25, -0.2) is 9.97 Å². The fraction of sp³-hybridized carbons (Fsp3) is 0.455. The molecule has 10 heteroatoms. The van der Waals surface area contributed by atoms with Gasteiger partial charge in [0.05, 0.1) is 29.4 Å². The fourth-order valence-corrected chi connectivity index (χ4v) is 4.84. The normalized spacial score (nSPS) is 23.0. The number of hydrogen-bond donors (Lipinski definition) is 0. The number of aromatic nitrogens is 2. The van der Waals surface area contributed by atoms with Crippen LogP contribution in [-0.2, 0) is 10.9 Å². The summed E-state index contributed by atoms with van der Waals surface area (Å²) in [6.07, 6.45) is 0.367. The van der Waals surface area contributed by atoms with Gasteiger partial charge in [0, 0.05) is 62.7 Å². The Bertz CT molecular complexity index is 1040. The van der Waals surface area contributed by atoms with Gasteiger partial charge in [0.25, 0.3) is 5.91 Å². The molecule has 2 aliphatic rings. The number of benzene rings is 1. The molecule has 7 nitrogen and oxygen atoms in total. The van der Waals surface area contributed by atoms with Crippen LogP contribution in [-0.4, -0.2) is 60.7 Å². The Balaban J connectivity index is 1.59. The van der Waals surface area contributed by atoms with Crippen molar-refractivity contribution in [3.63, 3.8) is 0 Å². The monoisotopic (exact) mass is 445 g/mol. The minimum Gasteiger partial charge on any atom is -0.384 e. The Labute approximate surface area is 183 Å². The van der Waals surface area contributed by atoms with E-state index in [0.29, 0.717) is 50.5 Å². The largest absolute Gasteiger partial charge is 0.417 e. The van der Waals surface area contributed by atoms with E-state index < -0.39 is 17.3 Å². The highest BCUT2D eigenvalue weighted by Gasteiger charge is 2.50. The van der Waals surface area contributed by atoms with Crippen LogP contribution in [0.25, 0.3) is 0 Å². The Morgan fingerprint density at radius 3 is 2.72 bits per heavy atom. The highest BCUT2D eigenvalue weighted by atomic mass is 19.4. The van der Waals surface area contributed by atoms with Crippen LogP contribution in [0.1, 0.15) is 27.9 Å². The van der Waals surface area contributed by atoms with Crippen molar-refractivity contribution in [1.82, 2.24) is 14.9 Å². The van der Waals surface area contributed by atoms with E-state index in [1.165, 1.54) is 24.8 Å². The zero-order valence-corrected chi connectivity index (χ0v) is 17.5. The number of alkyl halides is 3. The fourth-order valence-electron chi connectivity index (χ4n) is 4.84. The van der Waals surface area contributed by atoms with Gasteiger partial charge in [0.1, 0.15) is 6.33 Å². The topological polar surface area (TPSA) is 82.3 Å². The molecule has 32 heavy (non-hydrogen) atoms. The standard InChI is InChI=1S/C22H22F3N5O2/c1-32-13-21-4-5-29(20(31)16-8-27-14-28-9-16)10-17(21)11-30(12-21)18-3-2-15(7-26)19(6-18)22(23,24)25/h2-3,6,8-9,14,17H,4-5,10-13H2,1H3/t17-,21+/m1/s1. The number of carbonyl (C=O) groups excluding carboxylic acids is 1. The molecule has 0 spiro atoms. The van der Waals surface area contributed by atoms with Gasteiger partial charge in [0.15, 0.2) is 0 Å². The molecule has 2 aromatic rings. The third-order valence-corrected chi connectivity index (χ3v) is 6.45. The molecule has 2 saturated heterocycles. The van der Waals surface area contributed by atoms with Gasteiger partial charge in [0.2, 0.25) is 0 Å². The SMILES string of the molecule is COC[C@@]12CCN(C(=O)c3cncnc3)C[C@@H]1CN(c1ccc(C#N)c(C(F)(F)F)c1)C2. The lowest BCUT2D eigenvalue weighted by molar-refractivity contribution is -0.137. The van der Waals surface area contributed by atoms with Crippen LogP contribution in [0, 0.1) is 22.7 Å². The van der Waals surface area contributed by atoms with Gasteiger partial charge in [-0.15, -0.1) is 0 Å². The molecular weight excluding hydrogens is 423 g/mol. The third-order valence-electron chi connectivity index (χ3n) is 6.45. The average Bonchev–Trinajstić information content (AvgIpc) is 3.17. The number of piperidine rings is 1. The summed E-state index contributed by atoms with van der Waals surface area (Å²) >= 11 is 0. The summed E-state index contributed by atoms with van der Waals surface area (Å²) in [5, 5.41) is 9.07. The predicted molar refractivity (Wildman–Crippen MR) is 109 cm³/mol. The van der Waals surface area contributed by atoms with Crippen molar-refractivity contribution in [1.29, 1.82) is 5.26 Å². The maximum atomic E-state index is 13.5. The van der Waals surface area contributed by atoms with Crippen LogP contribution in [0.2, 0.25) is 0 Å². The predicted octanol–water partition coefficient (Wildman–Crippen LogP) is 2.98. The number of ether oxygens (including phenoxy) is 1. The molecule has 3 heterocycles. The highest BCUT2D eigenvalue weighted by Crippen LogP contribution is 2.45. The second-order valence-electron chi connectivity index (χ2n) is 8.34. The average molecular weight is 445 g/mol. The molecule has 0 unspecified atom stereocenters. The van der Waals surface area contributed by atoms with Crippen LogP contribution < -0.4 is 4.90 Å². The van der Waals surface area contributed by atoms with Gasteiger partial charge in [-0.1, -0.05) is 0 Å². The van der Waals surface area contributed by atoms with Gasteiger partial charge >= 0.3 is 6.18 Å². The molecule has 2 fully saturated rings. The third kappa shape index (κ3) is 4.00. The van der Waals surface area contributed by atoms with Gasteiger partial charge in [-0.3, -0.25) is 4.79 Å². The molecule has 4 rings (SSSR count). The van der Waals surface area contributed by atoms with Gasteiger partial charge in [-0.05, 0) is 24.6 Å². The van der Waals surface area contributed by atoms with Crippen LogP contribution >= 0.6 is 0 Å². The first-order valence-electron chi connectivity index (χ1n) is 10.2. The zero-order valence-electron chi connectivity index (χ0n) is 17.5. The summed E-state index contributed by atoms with van der Waals surface area (Å²) in [5.74, 6) is -0.137. The van der Waals surface area contributed by atoms with Crippen LogP contribution in [0.5, 0.6) is 0 Å². The molecule has 2 atom stereocenters. The van der Waals surface area contributed by atoms with Crippen molar-refractivity contribution in [2.24, 2.45) is 11.3 Å². The lowest BCUT2D eigenvalue weighted by atomic mass is 9.73. The van der Waals surface area contributed by atoms with Crippen molar-refractivity contribution < 1.29 is 22.7 Å². The van der Waals surface area contributed by atoms with E-state index in [1.54, 1.807) is 24.1 Å². The first kappa shape index (κ1) is 22.0. The molecule has 0 saturated carbocycles. The number of anilines is 1. The molecular formula is C22H22F3N5O2. The van der Waals surface area contributed by atoms with E-state index in [0.717, 1.165) is 6.07 Å². The van der Waals surface area contributed by atoms with Crippen molar-refractivity contribution in [3.05, 3.63) is 53.6 Å². The molecule has 1 amide bonds. The zero-order chi connectivity index (χ0) is 22.9. The number of halogens is 3. The molecule has 0 aliphatic carbocycles. The van der Waals surface area contributed by atoms with Crippen molar-refractivity contribution in [2.45, 2.75) is 12.6 Å². The minimum absolute atomic E-state index is 0.0229. The van der Waals surface area contributed by atoms with Crippen LogP contribution in [0.15, 0.2) is 36.9 Å². The van der Waals surface area contributed by atoms with E-state index in [-0.39, 0.29) is 17.2 Å². The van der Waals surface area contributed by atoms with E-state index in [2.05, 4.69) is 9.97 Å². The number of amides is 1. The maximum Gasteiger partial charge on any atom is 0.417 e. The number of fused-ring (bicyclic) bond motifs is 1. The number of methoxy groups -OCH3 is 1. The quantitative estimate of drug-likeness (QED) is 0.720. The Hall–Kier alpha value is -3.19. The van der Waals surface area contributed by atoms with E-state index >= 15 is 0 Å². The van der Waals surface area contributed by atoms with Crippen molar-refractivity contribution >= 4 is 11.6 Å².